The molecule has 0 spiro atoms. The Morgan fingerprint density at radius 1 is 1.15 bits per heavy atom. The molecule has 0 aliphatic carbocycles. The van der Waals surface area contributed by atoms with E-state index in [4.69, 9.17) is 17.2 Å². The number of nitro benzene ring substituents is 1. The first-order valence-electron chi connectivity index (χ1n) is 13.1. The lowest BCUT2D eigenvalue weighted by Gasteiger charge is -2.48. The fourth-order valence-corrected chi connectivity index (χ4v) is 4.88. The molecule has 12 heteroatoms. The highest BCUT2D eigenvalue weighted by molar-refractivity contribution is 5.98. The van der Waals surface area contributed by atoms with Gasteiger partial charge in [0.1, 0.15) is 6.04 Å². The van der Waals surface area contributed by atoms with Gasteiger partial charge in [0.05, 0.1) is 16.6 Å². The van der Waals surface area contributed by atoms with Crippen LogP contribution in [0.2, 0.25) is 0 Å². The van der Waals surface area contributed by atoms with Crippen LogP contribution in [0.3, 0.4) is 0 Å². The van der Waals surface area contributed by atoms with Crippen molar-refractivity contribution >= 4 is 29.1 Å². The lowest BCUT2D eigenvalue weighted by Crippen LogP contribution is -2.68. The second-order valence-corrected chi connectivity index (χ2v) is 9.92. The molecule has 0 bridgehead atoms. The average molecular weight is 539 g/mol. The van der Waals surface area contributed by atoms with Crippen molar-refractivity contribution in [3.63, 3.8) is 0 Å². The van der Waals surface area contributed by atoms with Crippen LogP contribution in [0.4, 0.5) is 11.4 Å². The Morgan fingerprint density at radius 2 is 1.85 bits per heavy atom. The maximum Gasteiger partial charge on any atom is 0.269 e. The summed E-state index contributed by atoms with van der Waals surface area (Å²) in [5.74, 6) is -0.829. The van der Waals surface area contributed by atoms with Gasteiger partial charge < -0.3 is 27.4 Å². The van der Waals surface area contributed by atoms with Crippen LogP contribution in [0.1, 0.15) is 44.6 Å². The van der Waals surface area contributed by atoms with Crippen molar-refractivity contribution in [2.75, 3.05) is 18.4 Å². The molecule has 39 heavy (non-hydrogen) atoms. The number of anilines is 1. The van der Waals surface area contributed by atoms with Crippen LogP contribution in [0.25, 0.3) is 0 Å². The summed E-state index contributed by atoms with van der Waals surface area (Å²) in [4.78, 5) is 44.0. The van der Waals surface area contributed by atoms with E-state index < -0.39 is 28.6 Å². The molecule has 0 saturated carbocycles. The fraction of sp³-hybridized carbons (Fsp3) is 0.444. The number of piperidine rings is 1. The molecule has 3 rings (SSSR count). The van der Waals surface area contributed by atoms with Crippen LogP contribution in [0.15, 0.2) is 59.6 Å². The molecule has 1 unspecified atom stereocenters. The summed E-state index contributed by atoms with van der Waals surface area (Å²) in [7, 11) is 0. The van der Waals surface area contributed by atoms with E-state index in [1.54, 1.807) is 4.90 Å². The lowest BCUT2D eigenvalue weighted by molar-refractivity contribution is -0.384. The van der Waals surface area contributed by atoms with Crippen LogP contribution in [-0.2, 0) is 16.0 Å². The minimum atomic E-state index is -0.903. The zero-order chi connectivity index (χ0) is 28.4. The Bertz CT molecular complexity index is 1150. The molecule has 8 N–H and O–H groups in total. The SMILES string of the molecule is CC1(N(C(=O)[C@H](N)Cc2ccccc2)[C@@H](CCCN=C(N)N)C(=O)Nc2ccc([N+](=O)[O-])cc2)CCCCN1. The van der Waals surface area contributed by atoms with E-state index in [1.807, 2.05) is 37.3 Å². The topological polar surface area (TPSA) is 195 Å². The predicted octanol–water partition coefficient (Wildman–Crippen LogP) is 1.84. The zero-order valence-corrected chi connectivity index (χ0v) is 22.2. The van der Waals surface area contributed by atoms with Crippen molar-refractivity contribution in [1.29, 1.82) is 0 Å². The largest absolute Gasteiger partial charge is 0.370 e. The third-order valence-electron chi connectivity index (χ3n) is 6.87. The van der Waals surface area contributed by atoms with E-state index in [0.717, 1.165) is 18.4 Å². The number of hydrogen-bond acceptors (Lipinski definition) is 7. The Balaban J connectivity index is 1.93. The number of benzene rings is 2. The van der Waals surface area contributed by atoms with E-state index in [0.29, 0.717) is 31.5 Å². The average Bonchev–Trinajstić information content (AvgIpc) is 2.91. The zero-order valence-electron chi connectivity index (χ0n) is 22.2. The van der Waals surface area contributed by atoms with Gasteiger partial charge >= 0.3 is 0 Å². The molecular weight excluding hydrogens is 500 g/mol. The second-order valence-electron chi connectivity index (χ2n) is 9.92. The number of nitrogens with one attached hydrogen (secondary N) is 2. The molecule has 12 nitrogen and oxygen atoms in total. The number of hydrogen-bond donors (Lipinski definition) is 5. The number of nitrogens with two attached hydrogens (primary N) is 3. The van der Waals surface area contributed by atoms with Gasteiger partial charge in [0.15, 0.2) is 5.96 Å². The summed E-state index contributed by atoms with van der Waals surface area (Å²) >= 11 is 0. The fourth-order valence-electron chi connectivity index (χ4n) is 4.88. The monoisotopic (exact) mass is 538 g/mol. The lowest BCUT2D eigenvalue weighted by atomic mass is 9.92. The van der Waals surface area contributed by atoms with Gasteiger partial charge in [-0.15, -0.1) is 0 Å². The van der Waals surface area contributed by atoms with Gasteiger partial charge in [0.2, 0.25) is 11.8 Å². The maximum atomic E-state index is 14.0. The highest BCUT2D eigenvalue weighted by Crippen LogP contribution is 2.29. The number of aliphatic imine (C=N–C) groups is 1. The molecule has 1 aliphatic rings. The minimum absolute atomic E-state index is 0.0550. The van der Waals surface area contributed by atoms with Crippen molar-refractivity contribution in [3.8, 4) is 0 Å². The molecule has 1 aliphatic heterocycles. The predicted molar refractivity (Wildman–Crippen MR) is 151 cm³/mol. The highest BCUT2D eigenvalue weighted by atomic mass is 16.6. The Hall–Kier alpha value is -4.03. The number of amides is 2. The van der Waals surface area contributed by atoms with Crippen LogP contribution in [0, 0.1) is 10.1 Å². The number of nitrogens with zero attached hydrogens (tertiary/aromatic N) is 3. The first-order chi connectivity index (χ1) is 18.6. The highest BCUT2D eigenvalue weighted by Gasteiger charge is 2.44. The van der Waals surface area contributed by atoms with Crippen LogP contribution >= 0.6 is 0 Å². The summed E-state index contributed by atoms with van der Waals surface area (Å²) in [6.07, 6.45) is 3.51. The third kappa shape index (κ3) is 8.23. The van der Waals surface area contributed by atoms with Gasteiger partial charge in [-0.2, -0.15) is 0 Å². The molecule has 3 atom stereocenters. The quantitative estimate of drug-likeness (QED) is 0.0887. The Labute approximate surface area is 228 Å². The second kappa shape index (κ2) is 13.7. The molecule has 1 heterocycles. The van der Waals surface area contributed by atoms with Gasteiger partial charge in [-0.1, -0.05) is 30.3 Å². The number of nitro groups is 1. The minimum Gasteiger partial charge on any atom is -0.370 e. The molecular formula is C27H38N8O4. The summed E-state index contributed by atoms with van der Waals surface area (Å²) < 4.78 is 0. The maximum absolute atomic E-state index is 14.0. The third-order valence-corrected chi connectivity index (χ3v) is 6.87. The van der Waals surface area contributed by atoms with Gasteiger partial charge in [0.25, 0.3) is 5.69 Å². The molecule has 2 aromatic carbocycles. The van der Waals surface area contributed by atoms with E-state index in [1.165, 1.54) is 24.3 Å². The summed E-state index contributed by atoms with van der Waals surface area (Å²) in [5.41, 5.74) is 17.8. The Morgan fingerprint density at radius 3 is 2.44 bits per heavy atom. The molecule has 0 radical (unpaired) electrons. The van der Waals surface area contributed by atoms with Crippen molar-refractivity contribution < 1.29 is 14.5 Å². The van der Waals surface area contributed by atoms with Gasteiger partial charge in [0, 0.05) is 24.4 Å². The van der Waals surface area contributed by atoms with E-state index >= 15 is 0 Å². The normalized spacial score (nSPS) is 18.4. The number of non-ortho nitro benzene ring substituents is 1. The number of rotatable bonds is 12. The standard InChI is InChI=1S/C27H38N8O4/c1-27(15-5-6-17-32-27)34(25(37)22(28)18-19-8-3-2-4-9-19)23(10-7-16-31-26(29)30)24(36)33-20-11-13-21(14-12-20)35(38)39/h2-4,8-9,11-14,22-23,32H,5-7,10,15-18,28H2,1H3,(H,33,36)(H4,29,30,31)/t22-,23+,27?/m1/s1. The van der Waals surface area contributed by atoms with Gasteiger partial charge in [-0.25, -0.2) is 0 Å². The molecule has 210 valence electrons. The molecule has 1 fully saturated rings. The first-order valence-corrected chi connectivity index (χ1v) is 13.1. The van der Waals surface area contributed by atoms with Crippen molar-refractivity contribution in [2.45, 2.75) is 63.2 Å². The number of guanidine groups is 1. The molecule has 2 amide bonds. The van der Waals surface area contributed by atoms with Gasteiger partial charge in [-0.05, 0) is 69.7 Å². The van der Waals surface area contributed by atoms with E-state index in [-0.39, 0.29) is 30.5 Å². The van der Waals surface area contributed by atoms with Crippen molar-refractivity contribution in [2.24, 2.45) is 22.2 Å². The summed E-state index contributed by atoms with van der Waals surface area (Å²) in [6, 6.07) is 13.2. The van der Waals surface area contributed by atoms with Crippen LogP contribution < -0.4 is 27.8 Å². The molecule has 1 saturated heterocycles. The number of carbonyl (C=O) groups is 2. The van der Waals surface area contributed by atoms with Gasteiger partial charge in [-0.3, -0.25) is 30.0 Å². The Kier molecular flexibility index (Phi) is 10.4. The molecule has 0 aromatic heterocycles. The summed E-state index contributed by atoms with van der Waals surface area (Å²) in [5, 5.41) is 17.3. The van der Waals surface area contributed by atoms with E-state index in [2.05, 4.69) is 15.6 Å². The van der Waals surface area contributed by atoms with Crippen molar-refractivity contribution in [3.05, 3.63) is 70.3 Å². The van der Waals surface area contributed by atoms with Crippen LogP contribution in [0.5, 0.6) is 0 Å². The van der Waals surface area contributed by atoms with Crippen molar-refractivity contribution in [1.82, 2.24) is 10.2 Å². The smallest absolute Gasteiger partial charge is 0.269 e. The van der Waals surface area contributed by atoms with Crippen LogP contribution in [-0.4, -0.2) is 58.4 Å². The number of carbonyl (C=O) groups excluding carboxylic acids is 2. The van der Waals surface area contributed by atoms with E-state index in [9.17, 15) is 19.7 Å². The summed E-state index contributed by atoms with van der Waals surface area (Å²) in [6.45, 7) is 2.90. The molecule has 2 aromatic rings. The first kappa shape index (κ1) is 29.5.